The van der Waals surface area contributed by atoms with E-state index in [0.717, 1.165) is 16.7 Å². The Balaban J connectivity index is 2.24. The summed E-state index contributed by atoms with van der Waals surface area (Å²) in [5.74, 6) is 0. The van der Waals surface area contributed by atoms with Crippen LogP contribution in [0.3, 0.4) is 0 Å². The number of nitrogens with one attached hydrogen (secondary N) is 1. The largest absolute Gasteiger partial charge is 0.280 e. The third kappa shape index (κ3) is 3.61. The van der Waals surface area contributed by atoms with Crippen molar-refractivity contribution in [2.45, 2.75) is 25.2 Å². The lowest BCUT2D eigenvalue weighted by Crippen LogP contribution is -2.13. The molecule has 21 heavy (non-hydrogen) atoms. The summed E-state index contributed by atoms with van der Waals surface area (Å²) in [5.41, 5.74) is 3.32. The lowest BCUT2D eigenvalue weighted by molar-refractivity contribution is 0.601. The topological polar surface area (TPSA) is 70.0 Å². The van der Waals surface area contributed by atoms with Crippen molar-refractivity contribution in [3.63, 3.8) is 0 Å². The SMILES string of the molecule is Cc1ccc(S(=O)(=O)Nc2ccc(CC#N)cc2)cc1C. The van der Waals surface area contributed by atoms with Gasteiger partial charge in [-0.15, -0.1) is 0 Å². The number of sulfonamides is 1. The molecule has 0 aromatic heterocycles. The predicted octanol–water partition coefficient (Wildman–Crippen LogP) is 3.17. The molecular weight excluding hydrogens is 284 g/mol. The first-order valence-electron chi connectivity index (χ1n) is 6.48. The van der Waals surface area contributed by atoms with E-state index >= 15 is 0 Å². The van der Waals surface area contributed by atoms with Crippen LogP contribution >= 0.6 is 0 Å². The van der Waals surface area contributed by atoms with E-state index in [0.29, 0.717) is 12.1 Å². The second-order valence-corrected chi connectivity index (χ2v) is 6.57. The molecule has 0 fully saturated rings. The molecule has 0 saturated carbocycles. The number of benzene rings is 2. The quantitative estimate of drug-likeness (QED) is 0.942. The maximum atomic E-state index is 12.3. The molecule has 0 aliphatic carbocycles. The van der Waals surface area contributed by atoms with Crippen molar-refractivity contribution in [2.75, 3.05) is 4.72 Å². The van der Waals surface area contributed by atoms with Crippen molar-refractivity contribution < 1.29 is 8.42 Å². The second kappa shape index (κ2) is 5.98. The second-order valence-electron chi connectivity index (χ2n) is 4.88. The monoisotopic (exact) mass is 300 g/mol. The summed E-state index contributed by atoms with van der Waals surface area (Å²) in [5, 5.41) is 8.61. The fraction of sp³-hybridized carbons (Fsp3) is 0.188. The van der Waals surface area contributed by atoms with Gasteiger partial charge in [0.2, 0.25) is 0 Å². The van der Waals surface area contributed by atoms with Crippen LogP contribution in [-0.2, 0) is 16.4 Å². The number of rotatable bonds is 4. The van der Waals surface area contributed by atoms with E-state index in [2.05, 4.69) is 10.8 Å². The molecule has 108 valence electrons. The zero-order valence-corrected chi connectivity index (χ0v) is 12.7. The van der Waals surface area contributed by atoms with Crippen LogP contribution in [0.2, 0.25) is 0 Å². The van der Waals surface area contributed by atoms with Crippen LogP contribution in [0.4, 0.5) is 5.69 Å². The molecule has 0 atom stereocenters. The van der Waals surface area contributed by atoms with Crippen molar-refractivity contribution in [3.8, 4) is 6.07 Å². The highest BCUT2D eigenvalue weighted by Crippen LogP contribution is 2.19. The average molecular weight is 300 g/mol. The number of hydrogen-bond donors (Lipinski definition) is 1. The van der Waals surface area contributed by atoms with Crippen molar-refractivity contribution in [2.24, 2.45) is 0 Å². The normalized spacial score (nSPS) is 10.9. The van der Waals surface area contributed by atoms with Gasteiger partial charge in [0.25, 0.3) is 10.0 Å². The minimum Gasteiger partial charge on any atom is -0.280 e. The van der Waals surface area contributed by atoms with E-state index in [1.807, 2.05) is 13.8 Å². The third-order valence-corrected chi connectivity index (χ3v) is 4.66. The molecule has 0 bridgehead atoms. The Morgan fingerprint density at radius 3 is 2.29 bits per heavy atom. The summed E-state index contributed by atoms with van der Waals surface area (Å²) in [4.78, 5) is 0.242. The summed E-state index contributed by atoms with van der Waals surface area (Å²) in [6, 6.07) is 13.9. The molecule has 4 nitrogen and oxygen atoms in total. The van der Waals surface area contributed by atoms with Gasteiger partial charge in [-0.05, 0) is 54.8 Å². The van der Waals surface area contributed by atoms with E-state index in [9.17, 15) is 8.42 Å². The van der Waals surface area contributed by atoms with Gasteiger partial charge >= 0.3 is 0 Å². The summed E-state index contributed by atoms with van der Waals surface area (Å²) in [6.45, 7) is 3.82. The summed E-state index contributed by atoms with van der Waals surface area (Å²) in [7, 11) is -3.59. The van der Waals surface area contributed by atoms with Crippen LogP contribution in [0.5, 0.6) is 0 Å². The van der Waals surface area contributed by atoms with Crippen molar-refractivity contribution in [3.05, 3.63) is 59.2 Å². The predicted molar refractivity (Wildman–Crippen MR) is 82.5 cm³/mol. The minimum atomic E-state index is -3.59. The molecular formula is C16H16N2O2S. The Labute approximate surface area is 125 Å². The van der Waals surface area contributed by atoms with Crippen LogP contribution in [0.25, 0.3) is 0 Å². The molecule has 2 rings (SSSR count). The molecule has 0 heterocycles. The molecule has 0 radical (unpaired) electrons. The van der Waals surface area contributed by atoms with E-state index in [-0.39, 0.29) is 4.90 Å². The van der Waals surface area contributed by atoms with Crippen LogP contribution in [0, 0.1) is 25.2 Å². The van der Waals surface area contributed by atoms with Gasteiger partial charge in [0, 0.05) is 5.69 Å². The molecule has 0 unspecified atom stereocenters. The van der Waals surface area contributed by atoms with Crippen molar-refractivity contribution in [1.29, 1.82) is 5.26 Å². The highest BCUT2D eigenvalue weighted by Gasteiger charge is 2.14. The average Bonchev–Trinajstić information content (AvgIpc) is 2.44. The van der Waals surface area contributed by atoms with Crippen LogP contribution in [0.15, 0.2) is 47.4 Å². The van der Waals surface area contributed by atoms with E-state index in [1.165, 1.54) is 0 Å². The smallest absolute Gasteiger partial charge is 0.261 e. The Bertz CT molecular complexity index is 788. The Hall–Kier alpha value is -2.32. The number of aryl methyl sites for hydroxylation is 2. The molecule has 2 aromatic rings. The standard InChI is InChI=1S/C16H16N2O2S/c1-12-3-8-16(11-13(12)2)21(19,20)18-15-6-4-14(5-7-15)9-10-17/h3-8,11,18H,9H2,1-2H3. The molecule has 0 amide bonds. The summed E-state index contributed by atoms with van der Waals surface area (Å²) < 4.78 is 27.2. The van der Waals surface area contributed by atoms with Gasteiger partial charge in [-0.1, -0.05) is 18.2 Å². The van der Waals surface area contributed by atoms with E-state index in [4.69, 9.17) is 5.26 Å². The lowest BCUT2D eigenvalue weighted by Gasteiger charge is -2.10. The molecule has 0 aliphatic rings. The van der Waals surface area contributed by atoms with Gasteiger partial charge in [-0.3, -0.25) is 4.72 Å². The van der Waals surface area contributed by atoms with Crippen LogP contribution in [-0.4, -0.2) is 8.42 Å². The first kappa shape index (κ1) is 15.1. The van der Waals surface area contributed by atoms with Crippen molar-refractivity contribution in [1.82, 2.24) is 0 Å². The highest BCUT2D eigenvalue weighted by atomic mass is 32.2. The van der Waals surface area contributed by atoms with Gasteiger partial charge in [0.05, 0.1) is 17.4 Å². The van der Waals surface area contributed by atoms with E-state index < -0.39 is 10.0 Å². The summed E-state index contributed by atoms with van der Waals surface area (Å²) in [6.07, 6.45) is 0.310. The molecule has 0 spiro atoms. The van der Waals surface area contributed by atoms with Gasteiger partial charge in [0.1, 0.15) is 0 Å². The number of hydrogen-bond acceptors (Lipinski definition) is 3. The summed E-state index contributed by atoms with van der Waals surface area (Å²) >= 11 is 0. The maximum absolute atomic E-state index is 12.3. The third-order valence-electron chi connectivity index (χ3n) is 3.28. The minimum absolute atomic E-state index is 0.242. The van der Waals surface area contributed by atoms with Gasteiger partial charge in [-0.2, -0.15) is 5.26 Å². The Morgan fingerprint density at radius 2 is 1.71 bits per heavy atom. The van der Waals surface area contributed by atoms with Crippen LogP contribution in [0.1, 0.15) is 16.7 Å². The molecule has 0 saturated heterocycles. The zero-order chi connectivity index (χ0) is 15.5. The van der Waals surface area contributed by atoms with E-state index in [1.54, 1.807) is 42.5 Å². The molecule has 2 aromatic carbocycles. The molecule has 0 aliphatic heterocycles. The Kier molecular flexibility index (Phi) is 4.29. The maximum Gasteiger partial charge on any atom is 0.261 e. The van der Waals surface area contributed by atoms with Gasteiger partial charge in [0.15, 0.2) is 0 Å². The fourth-order valence-electron chi connectivity index (χ4n) is 1.88. The first-order chi connectivity index (χ1) is 9.92. The van der Waals surface area contributed by atoms with Crippen LogP contribution < -0.4 is 4.72 Å². The highest BCUT2D eigenvalue weighted by molar-refractivity contribution is 7.92. The zero-order valence-electron chi connectivity index (χ0n) is 11.9. The number of anilines is 1. The molecule has 1 N–H and O–H groups in total. The van der Waals surface area contributed by atoms with Gasteiger partial charge in [-0.25, -0.2) is 8.42 Å². The lowest BCUT2D eigenvalue weighted by atomic mass is 10.1. The Morgan fingerprint density at radius 1 is 1.05 bits per heavy atom. The van der Waals surface area contributed by atoms with Gasteiger partial charge < -0.3 is 0 Å². The number of nitriles is 1. The van der Waals surface area contributed by atoms with Crippen molar-refractivity contribution >= 4 is 15.7 Å². The first-order valence-corrected chi connectivity index (χ1v) is 7.96. The molecule has 5 heteroatoms. The number of nitrogens with zero attached hydrogens (tertiary/aromatic N) is 1. The fourth-order valence-corrected chi connectivity index (χ4v) is 3.02.